The van der Waals surface area contributed by atoms with Gasteiger partial charge in [0.25, 0.3) is 0 Å². The number of halogens is 2. The molecular weight excluding hydrogens is 640 g/mol. The molecule has 0 rings (SSSR count). The standard InChI is InChI=1S/C40H80Br2/c1-2-3-4-5-6-7-8-9-10-11-12-13-14-15-16-17-18-19-20-21-22-23-24-25-26-27-28-29-30-31-32-33-34-35-36-37-38-39-40(41)42/h40H,2-39H2,1H3. The van der Waals surface area contributed by atoms with Crippen LogP contribution in [0.5, 0.6) is 0 Å². The summed E-state index contributed by atoms with van der Waals surface area (Å²) in [5, 5.41) is 0. The van der Waals surface area contributed by atoms with Crippen LogP contribution in [0.3, 0.4) is 0 Å². The Labute approximate surface area is 285 Å². The van der Waals surface area contributed by atoms with Gasteiger partial charge in [0, 0.05) is 0 Å². The first-order valence-electron chi connectivity index (χ1n) is 20.1. The SMILES string of the molecule is CCCCCCCCCCCCCCCCCCCCCCCCCCCCCCCCCCCCCCCC(Br)Br. The third kappa shape index (κ3) is 41.0. The maximum atomic E-state index is 3.57. The van der Waals surface area contributed by atoms with Crippen LogP contribution < -0.4 is 0 Å². The van der Waals surface area contributed by atoms with Crippen molar-refractivity contribution in [3.05, 3.63) is 0 Å². The Bertz CT molecular complexity index is 449. The van der Waals surface area contributed by atoms with Gasteiger partial charge in [-0.2, -0.15) is 0 Å². The second-order valence-electron chi connectivity index (χ2n) is 13.9. The number of hydrogen-bond donors (Lipinski definition) is 0. The summed E-state index contributed by atoms with van der Waals surface area (Å²) in [5.41, 5.74) is 0. The van der Waals surface area contributed by atoms with Crippen LogP contribution in [-0.2, 0) is 0 Å². The van der Waals surface area contributed by atoms with Gasteiger partial charge in [-0.05, 0) is 6.42 Å². The molecule has 0 atom stereocenters. The lowest BCUT2D eigenvalue weighted by atomic mass is 10.0. The molecule has 0 aliphatic heterocycles. The minimum absolute atomic E-state index is 0.521. The number of hydrogen-bond acceptors (Lipinski definition) is 0. The summed E-state index contributed by atoms with van der Waals surface area (Å²) >= 11 is 7.13. The minimum atomic E-state index is 0.521. The summed E-state index contributed by atoms with van der Waals surface area (Å²) in [6, 6.07) is 0. The van der Waals surface area contributed by atoms with E-state index in [1.807, 2.05) is 0 Å². The molecule has 0 aliphatic rings. The molecule has 0 saturated heterocycles. The van der Waals surface area contributed by atoms with Crippen molar-refractivity contribution < 1.29 is 0 Å². The van der Waals surface area contributed by atoms with Crippen LogP contribution in [0.15, 0.2) is 0 Å². The average Bonchev–Trinajstić information content (AvgIpc) is 2.98. The van der Waals surface area contributed by atoms with Crippen molar-refractivity contribution >= 4 is 31.9 Å². The van der Waals surface area contributed by atoms with E-state index in [2.05, 4.69) is 38.8 Å². The van der Waals surface area contributed by atoms with Gasteiger partial charge in [-0.15, -0.1) is 0 Å². The first kappa shape index (κ1) is 43.0. The van der Waals surface area contributed by atoms with Crippen LogP contribution in [0, 0.1) is 0 Å². The van der Waals surface area contributed by atoms with Crippen molar-refractivity contribution in [1.82, 2.24) is 0 Å². The molecule has 0 aromatic rings. The Kier molecular flexibility index (Phi) is 40.9. The molecule has 0 amide bonds. The second-order valence-corrected chi connectivity index (χ2v) is 17.3. The molecule has 254 valence electrons. The number of alkyl halides is 2. The summed E-state index contributed by atoms with van der Waals surface area (Å²) < 4.78 is 0.521. The fraction of sp³-hybridized carbons (Fsp3) is 1.00. The van der Waals surface area contributed by atoms with Crippen LogP contribution in [0.25, 0.3) is 0 Å². The van der Waals surface area contributed by atoms with E-state index < -0.39 is 0 Å². The van der Waals surface area contributed by atoms with Crippen LogP contribution in [-0.4, -0.2) is 3.74 Å². The summed E-state index contributed by atoms with van der Waals surface area (Å²) in [6.45, 7) is 2.31. The highest BCUT2D eigenvalue weighted by molar-refractivity contribution is 9.24. The topological polar surface area (TPSA) is 0 Å². The molecule has 42 heavy (non-hydrogen) atoms. The molecule has 0 fully saturated rings. The fourth-order valence-electron chi connectivity index (χ4n) is 6.56. The van der Waals surface area contributed by atoms with Crippen molar-refractivity contribution in [2.45, 2.75) is 255 Å². The van der Waals surface area contributed by atoms with E-state index in [1.54, 1.807) is 0 Å². The van der Waals surface area contributed by atoms with Crippen molar-refractivity contribution in [3.63, 3.8) is 0 Å². The van der Waals surface area contributed by atoms with E-state index in [9.17, 15) is 0 Å². The average molecular weight is 721 g/mol. The maximum Gasteiger partial charge on any atom is 0.0697 e. The first-order chi connectivity index (χ1) is 20.8. The van der Waals surface area contributed by atoms with Crippen molar-refractivity contribution in [2.24, 2.45) is 0 Å². The lowest BCUT2D eigenvalue weighted by Crippen LogP contribution is -1.86. The van der Waals surface area contributed by atoms with Gasteiger partial charge in [0.15, 0.2) is 0 Å². The Morgan fingerprint density at radius 3 is 0.524 bits per heavy atom. The van der Waals surface area contributed by atoms with Crippen LogP contribution in [0.2, 0.25) is 0 Å². The Morgan fingerprint density at radius 1 is 0.238 bits per heavy atom. The third-order valence-electron chi connectivity index (χ3n) is 9.53. The van der Waals surface area contributed by atoms with Gasteiger partial charge in [-0.25, -0.2) is 0 Å². The zero-order valence-electron chi connectivity index (χ0n) is 29.2. The molecule has 0 saturated carbocycles. The first-order valence-corrected chi connectivity index (χ1v) is 21.9. The highest BCUT2D eigenvalue weighted by atomic mass is 79.9. The molecule has 0 heterocycles. The Balaban J connectivity index is 3.03. The number of unbranched alkanes of at least 4 members (excludes halogenated alkanes) is 36. The maximum absolute atomic E-state index is 3.57. The van der Waals surface area contributed by atoms with Gasteiger partial charge >= 0.3 is 0 Å². The molecule has 0 spiro atoms. The molecule has 0 aliphatic carbocycles. The third-order valence-corrected chi connectivity index (χ3v) is 10.4. The van der Waals surface area contributed by atoms with Gasteiger partial charge in [0.1, 0.15) is 0 Å². The van der Waals surface area contributed by atoms with Gasteiger partial charge in [0.05, 0.1) is 3.74 Å². The zero-order chi connectivity index (χ0) is 30.4. The monoisotopic (exact) mass is 718 g/mol. The molecule has 0 bridgehead atoms. The molecule has 0 radical (unpaired) electrons. The molecule has 0 unspecified atom stereocenters. The largest absolute Gasteiger partial charge is 0.0765 e. The van der Waals surface area contributed by atoms with Gasteiger partial charge in [-0.1, -0.05) is 276 Å². The smallest absolute Gasteiger partial charge is 0.0697 e. The van der Waals surface area contributed by atoms with E-state index in [4.69, 9.17) is 0 Å². The summed E-state index contributed by atoms with van der Waals surface area (Å²) in [6.07, 6.45) is 55.9. The number of rotatable bonds is 38. The molecule has 0 N–H and O–H groups in total. The predicted octanol–water partition coefficient (Wildman–Crippen LogP) is 16.9. The van der Waals surface area contributed by atoms with Crippen molar-refractivity contribution in [3.8, 4) is 0 Å². The molecule has 2 heteroatoms. The van der Waals surface area contributed by atoms with E-state index in [1.165, 1.54) is 244 Å². The molecule has 0 aromatic heterocycles. The van der Waals surface area contributed by atoms with Crippen LogP contribution in [0.4, 0.5) is 0 Å². The lowest BCUT2D eigenvalue weighted by molar-refractivity contribution is 0.510. The van der Waals surface area contributed by atoms with Gasteiger partial charge in [-0.3, -0.25) is 0 Å². The minimum Gasteiger partial charge on any atom is -0.0765 e. The van der Waals surface area contributed by atoms with Crippen LogP contribution >= 0.6 is 31.9 Å². The van der Waals surface area contributed by atoms with E-state index in [0.717, 1.165) is 0 Å². The fourth-order valence-corrected chi connectivity index (χ4v) is 7.21. The zero-order valence-corrected chi connectivity index (χ0v) is 32.4. The summed E-state index contributed by atoms with van der Waals surface area (Å²) in [4.78, 5) is 0. The van der Waals surface area contributed by atoms with E-state index >= 15 is 0 Å². The van der Waals surface area contributed by atoms with E-state index in [0.29, 0.717) is 3.74 Å². The lowest BCUT2D eigenvalue weighted by Gasteiger charge is -2.05. The van der Waals surface area contributed by atoms with Crippen LogP contribution in [0.1, 0.15) is 251 Å². The van der Waals surface area contributed by atoms with Gasteiger partial charge in [0.2, 0.25) is 0 Å². The van der Waals surface area contributed by atoms with Crippen molar-refractivity contribution in [2.75, 3.05) is 0 Å². The Hall–Kier alpha value is 0.960. The predicted molar refractivity (Wildman–Crippen MR) is 203 cm³/mol. The normalized spacial score (nSPS) is 11.7. The van der Waals surface area contributed by atoms with Crippen molar-refractivity contribution in [1.29, 1.82) is 0 Å². The Morgan fingerprint density at radius 2 is 0.381 bits per heavy atom. The molecule has 0 nitrogen and oxygen atoms in total. The molecule has 0 aromatic carbocycles. The molecular formula is C40H80Br2. The highest BCUT2D eigenvalue weighted by Crippen LogP contribution is 2.19. The van der Waals surface area contributed by atoms with E-state index in [-0.39, 0.29) is 0 Å². The van der Waals surface area contributed by atoms with Gasteiger partial charge < -0.3 is 0 Å². The summed E-state index contributed by atoms with van der Waals surface area (Å²) in [7, 11) is 0. The highest BCUT2D eigenvalue weighted by Gasteiger charge is 1.99. The quantitative estimate of drug-likeness (QED) is 0.0440. The second kappa shape index (κ2) is 40.0. The summed E-state index contributed by atoms with van der Waals surface area (Å²) in [5.74, 6) is 0.